The second-order valence-corrected chi connectivity index (χ2v) is 3.68. The number of hydrogen-bond donors (Lipinski definition) is 0. The monoisotopic (exact) mass is 250 g/mol. The number of benzene rings is 1. The molecule has 0 saturated heterocycles. The molecule has 0 fully saturated rings. The van der Waals surface area contributed by atoms with Crippen molar-refractivity contribution in [3.05, 3.63) is 29.3 Å². The number of carbonyl (C=O) groups is 2. The van der Waals surface area contributed by atoms with Gasteiger partial charge in [0.25, 0.3) is 0 Å². The van der Waals surface area contributed by atoms with Crippen LogP contribution in [0.2, 0.25) is 0 Å². The van der Waals surface area contributed by atoms with Gasteiger partial charge in [-0.3, -0.25) is 0 Å². The van der Waals surface area contributed by atoms with Crippen LogP contribution in [0.5, 0.6) is 5.75 Å². The normalized spacial score (nSPS) is 9.89. The van der Waals surface area contributed by atoms with Crippen LogP contribution in [0.3, 0.4) is 0 Å². The van der Waals surface area contributed by atoms with Gasteiger partial charge in [-0.1, -0.05) is 6.07 Å². The lowest BCUT2D eigenvalue weighted by Crippen LogP contribution is -2.06. The highest BCUT2D eigenvalue weighted by Gasteiger charge is 2.11. The van der Waals surface area contributed by atoms with Crippen molar-refractivity contribution in [3.8, 4) is 5.75 Å². The molecule has 1 aromatic rings. The molecule has 0 bridgehead atoms. The second-order valence-electron chi connectivity index (χ2n) is 3.68. The Kier molecular flexibility index (Phi) is 5.91. The van der Waals surface area contributed by atoms with Gasteiger partial charge in [0.2, 0.25) is 0 Å². The summed E-state index contributed by atoms with van der Waals surface area (Å²) in [7, 11) is 0. The molecule has 0 aliphatic heterocycles. The summed E-state index contributed by atoms with van der Waals surface area (Å²) in [6.07, 6.45) is 1.93. The van der Waals surface area contributed by atoms with Crippen LogP contribution in [0.4, 0.5) is 0 Å². The molecular formula is C14H18O4. The van der Waals surface area contributed by atoms with Crippen LogP contribution in [0.25, 0.3) is 0 Å². The van der Waals surface area contributed by atoms with Crippen LogP contribution in [0.1, 0.15) is 36.2 Å². The maximum absolute atomic E-state index is 11.6. The van der Waals surface area contributed by atoms with Crippen LogP contribution in [0, 0.1) is 0 Å². The van der Waals surface area contributed by atoms with E-state index in [0.717, 1.165) is 11.8 Å². The largest absolute Gasteiger partial charge is 0.494 e. The van der Waals surface area contributed by atoms with Crippen LogP contribution >= 0.6 is 0 Å². The molecule has 0 unspecified atom stereocenters. The average Bonchev–Trinajstić information content (AvgIpc) is 2.38. The van der Waals surface area contributed by atoms with Gasteiger partial charge in [0.05, 0.1) is 18.8 Å². The summed E-state index contributed by atoms with van der Waals surface area (Å²) < 4.78 is 10.4. The molecule has 0 aliphatic carbocycles. The van der Waals surface area contributed by atoms with Gasteiger partial charge in [-0.25, -0.2) is 4.79 Å². The van der Waals surface area contributed by atoms with Gasteiger partial charge in [-0.2, -0.15) is 0 Å². The highest BCUT2D eigenvalue weighted by molar-refractivity contribution is 5.90. The van der Waals surface area contributed by atoms with E-state index in [1.54, 1.807) is 25.1 Å². The van der Waals surface area contributed by atoms with E-state index in [9.17, 15) is 9.59 Å². The predicted octanol–water partition coefficient (Wildman–Crippen LogP) is 2.39. The van der Waals surface area contributed by atoms with Gasteiger partial charge >= 0.3 is 5.97 Å². The Morgan fingerprint density at radius 2 is 2.06 bits per heavy atom. The Hall–Kier alpha value is -1.84. The summed E-state index contributed by atoms with van der Waals surface area (Å²) in [5.41, 5.74) is 1.40. The molecule has 1 aromatic carbocycles. The molecule has 0 aromatic heterocycles. The predicted molar refractivity (Wildman–Crippen MR) is 68.0 cm³/mol. The van der Waals surface area contributed by atoms with Gasteiger partial charge < -0.3 is 14.3 Å². The fourth-order valence-corrected chi connectivity index (χ4v) is 1.61. The zero-order chi connectivity index (χ0) is 13.4. The van der Waals surface area contributed by atoms with E-state index in [-0.39, 0.29) is 5.97 Å². The van der Waals surface area contributed by atoms with E-state index in [1.165, 1.54) is 0 Å². The summed E-state index contributed by atoms with van der Waals surface area (Å²) in [4.78, 5) is 22.0. The molecule has 98 valence electrons. The van der Waals surface area contributed by atoms with Gasteiger partial charge in [-0.15, -0.1) is 0 Å². The van der Waals surface area contributed by atoms with Crippen LogP contribution in [-0.4, -0.2) is 25.5 Å². The zero-order valence-corrected chi connectivity index (χ0v) is 10.8. The lowest BCUT2D eigenvalue weighted by Gasteiger charge is -2.11. The van der Waals surface area contributed by atoms with Crippen molar-refractivity contribution in [1.82, 2.24) is 0 Å². The lowest BCUT2D eigenvalue weighted by atomic mass is 10.1. The van der Waals surface area contributed by atoms with Crippen molar-refractivity contribution in [1.29, 1.82) is 0 Å². The fraction of sp³-hybridized carbons (Fsp3) is 0.429. The van der Waals surface area contributed by atoms with Crippen molar-refractivity contribution in [2.75, 3.05) is 13.2 Å². The summed E-state index contributed by atoms with van der Waals surface area (Å²) in [5, 5.41) is 0. The maximum atomic E-state index is 11.6. The van der Waals surface area contributed by atoms with Gasteiger partial charge in [-0.05, 0) is 38.0 Å². The highest BCUT2D eigenvalue weighted by atomic mass is 16.5. The minimum atomic E-state index is -0.361. The average molecular weight is 250 g/mol. The number of ether oxygens (including phenoxy) is 2. The molecule has 4 nitrogen and oxygen atoms in total. The Morgan fingerprint density at radius 1 is 1.28 bits per heavy atom. The topological polar surface area (TPSA) is 52.6 Å². The number of aryl methyl sites for hydroxylation is 1. The first-order valence-electron chi connectivity index (χ1n) is 6.09. The van der Waals surface area contributed by atoms with E-state index >= 15 is 0 Å². The van der Waals surface area contributed by atoms with E-state index in [0.29, 0.717) is 37.4 Å². The molecule has 0 atom stereocenters. The van der Waals surface area contributed by atoms with Gasteiger partial charge in [0, 0.05) is 6.42 Å². The Bertz CT molecular complexity index is 412. The van der Waals surface area contributed by atoms with E-state index < -0.39 is 0 Å². The number of rotatable bonds is 7. The molecule has 0 spiro atoms. The Balaban J connectivity index is 2.94. The van der Waals surface area contributed by atoms with E-state index in [2.05, 4.69) is 0 Å². The van der Waals surface area contributed by atoms with E-state index in [1.807, 2.05) is 6.92 Å². The second kappa shape index (κ2) is 7.48. The van der Waals surface area contributed by atoms with Gasteiger partial charge in [0.1, 0.15) is 12.0 Å². The van der Waals surface area contributed by atoms with Crippen molar-refractivity contribution >= 4 is 12.3 Å². The van der Waals surface area contributed by atoms with Crippen molar-refractivity contribution in [2.45, 2.75) is 26.7 Å². The van der Waals surface area contributed by atoms with E-state index in [4.69, 9.17) is 9.47 Å². The number of hydrogen-bond acceptors (Lipinski definition) is 4. The smallest absolute Gasteiger partial charge is 0.338 e. The third-order valence-corrected chi connectivity index (χ3v) is 2.41. The summed E-state index contributed by atoms with van der Waals surface area (Å²) in [5.74, 6) is 0.283. The molecule has 0 saturated carbocycles. The Labute approximate surface area is 107 Å². The quantitative estimate of drug-likeness (QED) is 0.550. The third-order valence-electron chi connectivity index (χ3n) is 2.41. The number of esters is 1. The molecule has 0 aliphatic rings. The molecular weight excluding hydrogens is 232 g/mol. The molecule has 1 rings (SSSR count). The first-order chi connectivity index (χ1) is 8.72. The zero-order valence-electron chi connectivity index (χ0n) is 10.8. The standard InChI is InChI=1S/C14H18O4/c1-3-17-13-10-12(14(16)18-4-2)8-7-11(13)6-5-9-15/h7-10H,3-6H2,1-2H3. The van der Waals surface area contributed by atoms with Crippen LogP contribution < -0.4 is 4.74 Å². The van der Waals surface area contributed by atoms with Crippen molar-refractivity contribution in [3.63, 3.8) is 0 Å². The minimum absolute atomic E-state index is 0.343. The molecule has 4 heteroatoms. The number of aldehydes is 1. The Morgan fingerprint density at radius 3 is 2.67 bits per heavy atom. The molecule has 0 N–H and O–H groups in total. The van der Waals surface area contributed by atoms with Crippen molar-refractivity contribution < 1.29 is 19.1 Å². The molecule has 0 radical (unpaired) electrons. The number of carbonyl (C=O) groups excluding carboxylic acids is 2. The fourth-order valence-electron chi connectivity index (χ4n) is 1.61. The molecule has 18 heavy (non-hydrogen) atoms. The SMILES string of the molecule is CCOC(=O)c1ccc(CCC=O)c(OCC)c1. The molecule has 0 heterocycles. The highest BCUT2D eigenvalue weighted by Crippen LogP contribution is 2.22. The minimum Gasteiger partial charge on any atom is -0.494 e. The summed E-state index contributed by atoms with van der Waals surface area (Å²) in [6.45, 7) is 4.50. The van der Waals surface area contributed by atoms with Crippen molar-refractivity contribution in [2.24, 2.45) is 0 Å². The summed E-state index contributed by atoms with van der Waals surface area (Å²) in [6, 6.07) is 5.17. The lowest BCUT2D eigenvalue weighted by molar-refractivity contribution is -0.107. The first kappa shape index (κ1) is 14.2. The van der Waals surface area contributed by atoms with Crippen LogP contribution in [-0.2, 0) is 16.0 Å². The third kappa shape index (κ3) is 3.87. The van der Waals surface area contributed by atoms with Gasteiger partial charge in [0.15, 0.2) is 0 Å². The molecule has 0 amide bonds. The maximum Gasteiger partial charge on any atom is 0.338 e. The van der Waals surface area contributed by atoms with Crippen LogP contribution in [0.15, 0.2) is 18.2 Å². The first-order valence-corrected chi connectivity index (χ1v) is 6.09. The summed E-state index contributed by atoms with van der Waals surface area (Å²) >= 11 is 0.